The fourth-order valence-electron chi connectivity index (χ4n) is 2.69. The monoisotopic (exact) mass is 259 g/mol. The molecule has 0 saturated carbocycles. The Morgan fingerprint density at radius 2 is 2.21 bits per heavy atom. The Balaban J connectivity index is 1.76. The molecule has 0 spiro atoms. The molecule has 2 aromatic rings. The van der Waals surface area contributed by atoms with Crippen molar-refractivity contribution in [2.75, 3.05) is 39.8 Å². The van der Waals surface area contributed by atoms with Crippen molar-refractivity contribution in [1.82, 2.24) is 25.5 Å². The molecule has 0 aliphatic carbocycles. The second-order valence-electron chi connectivity index (χ2n) is 5.07. The average molecular weight is 259 g/mol. The molecule has 1 atom stereocenters. The van der Waals surface area contributed by atoms with E-state index in [0.29, 0.717) is 6.04 Å². The highest BCUT2D eigenvalue weighted by Crippen LogP contribution is 2.19. The Labute approximate surface area is 113 Å². The summed E-state index contributed by atoms with van der Waals surface area (Å²) in [5, 5.41) is 6.82. The van der Waals surface area contributed by atoms with Gasteiger partial charge in [0.15, 0.2) is 0 Å². The number of nitrogens with zero attached hydrogens (tertiary/aromatic N) is 2. The molecule has 102 valence electrons. The zero-order valence-corrected chi connectivity index (χ0v) is 11.3. The van der Waals surface area contributed by atoms with Crippen molar-refractivity contribution in [1.29, 1.82) is 0 Å². The third kappa shape index (κ3) is 2.78. The van der Waals surface area contributed by atoms with E-state index >= 15 is 0 Å². The van der Waals surface area contributed by atoms with Gasteiger partial charge in [-0.25, -0.2) is 4.98 Å². The van der Waals surface area contributed by atoms with Crippen LogP contribution in [0, 0.1) is 0 Å². The Morgan fingerprint density at radius 3 is 3.00 bits per heavy atom. The van der Waals surface area contributed by atoms with E-state index in [9.17, 15) is 0 Å². The lowest BCUT2D eigenvalue weighted by atomic mass is 10.1. The number of likely N-dealkylation sites (N-methyl/N-ethyl adjacent to an activating group) is 1. The van der Waals surface area contributed by atoms with Crippen molar-refractivity contribution >= 4 is 11.0 Å². The first-order valence-electron chi connectivity index (χ1n) is 6.90. The summed E-state index contributed by atoms with van der Waals surface area (Å²) in [5.74, 6) is 0. The van der Waals surface area contributed by atoms with Crippen LogP contribution >= 0.6 is 0 Å². The van der Waals surface area contributed by atoms with Crippen molar-refractivity contribution in [2.24, 2.45) is 0 Å². The molecule has 1 aromatic heterocycles. The molecule has 1 unspecified atom stereocenters. The molecule has 1 aromatic carbocycles. The summed E-state index contributed by atoms with van der Waals surface area (Å²) in [4.78, 5) is 9.95. The molecule has 3 rings (SSSR count). The van der Waals surface area contributed by atoms with Crippen LogP contribution in [0.2, 0.25) is 0 Å². The van der Waals surface area contributed by atoms with Gasteiger partial charge in [-0.3, -0.25) is 4.90 Å². The molecule has 3 N–H and O–H groups in total. The van der Waals surface area contributed by atoms with Crippen molar-refractivity contribution in [3.8, 4) is 0 Å². The number of hydrogen-bond acceptors (Lipinski definition) is 4. The lowest BCUT2D eigenvalue weighted by Crippen LogP contribution is -2.46. The summed E-state index contributed by atoms with van der Waals surface area (Å²) in [6.45, 7) is 5.50. The average Bonchev–Trinajstić information content (AvgIpc) is 2.93. The van der Waals surface area contributed by atoms with Crippen molar-refractivity contribution in [3.05, 3.63) is 30.1 Å². The van der Waals surface area contributed by atoms with Gasteiger partial charge in [0.25, 0.3) is 0 Å². The Bertz CT molecular complexity index is 529. The van der Waals surface area contributed by atoms with Crippen LogP contribution in [0.5, 0.6) is 0 Å². The highest BCUT2D eigenvalue weighted by Gasteiger charge is 2.16. The first-order valence-corrected chi connectivity index (χ1v) is 6.90. The molecule has 1 aliphatic rings. The molecule has 19 heavy (non-hydrogen) atoms. The molecule has 5 heteroatoms. The van der Waals surface area contributed by atoms with Crippen LogP contribution in [0.25, 0.3) is 11.0 Å². The fourth-order valence-corrected chi connectivity index (χ4v) is 2.69. The molecule has 5 nitrogen and oxygen atoms in total. The van der Waals surface area contributed by atoms with Gasteiger partial charge in [-0.1, -0.05) is 6.07 Å². The molecule has 1 aliphatic heterocycles. The predicted octanol–water partition coefficient (Wildman–Crippen LogP) is 0.729. The van der Waals surface area contributed by atoms with Crippen molar-refractivity contribution in [3.63, 3.8) is 0 Å². The number of fused-ring (bicyclic) bond motifs is 1. The molecule has 2 heterocycles. The van der Waals surface area contributed by atoms with E-state index in [0.717, 1.165) is 43.8 Å². The maximum absolute atomic E-state index is 4.27. The van der Waals surface area contributed by atoms with Gasteiger partial charge in [0.1, 0.15) is 0 Å². The number of H-pyrrole nitrogens is 1. The van der Waals surface area contributed by atoms with Crippen molar-refractivity contribution in [2.45, 2.75) is 6.04 Å². The van der Waals surface area contributed by atoms with Crippen LogP contribution in [-0.2, 0) is 0 Å². The van der Waals surface area contributed by atoms with E-state index < -0.39 is 0 Å². The summed E-state index contributed by atoms with van der Waals surface area (Å²) >= 11 is 0. The quantitative estimate of drug-likeness (QED) is 0.757. The van der Waals surface area contributed by atoms with Gasteiger partial charge in [-0.05, 0) is 24.7 Å². The van der Waals surface area contributed by atoms with Crippen LogP contribution in [0.1, 0.15) is 11.6 Å². The number of rotatable bonds is 4. The maximum atomic E-state index is 4.27. The zero-order chi connectivity index (χ0) is 13.1. The number of aromatic amines is 1. The lowest BCUT2D eigenvalue weighted by Gasteiger charge is -2.31. The molecule has 0 bridgehead atoms. The van der Waals surface area contributed by atoms with E-state index in [-0.39, 0.29) is 0 Å². The number of imidazole rings is 1. The highest BCUT2D eigenvalue weighted by atomic mass is 15.2. The Kier molecular flexibility index (Phi) is 3.77. The first-order chi connectivity index (χ1) is 9.36. The number of hydrogen-bond donors (Lipinski definition) is 3. The standard InChI is InChI=1S/C14H21N5/c1-15-14(9-19-6-4-16-5-7-19)11-2-3-12-13(8-11)18-10-17-12/h2-3,8,10,14-16H,4-7,9H2,1H3,(H,17,18). The lowest BCUT2D eigenvalue weighted by molar-refractivity contribution is 0.219. The highest BCUT2D eigenvalue weighted by molar-refractivity contribution is 5.75. The van der Waals surface area contributed by atoms with Crippen LogP contribution in [0.4, 0.5) is 0 Å². The van der Waals surface area contributed by atoms with Gasteiger partial charge >= 0.3 is 0 Å². The summed E-state index contributed by atoms with van der Waals surface area (Å²) in [6.07, 6.45) is 1.75. The van der Waals surface area contributed by atoms with Gasteiger partial charge in [-0.2, -0.15) is 0 Å². The largest absolute Gasteiger partial charge is 0.345 e. The second-order valence-corrected chi connectivity index (χ2v) is 5.07. The zero-order valence-electron chi connectivity index (χ0n) is 11.3. The summed E-state index contributed by atoms with van der Waals surface area (Å²) in [6, 6.07) is 6.83. The Morgan fingerprint density at radius 1 is 1.37 bits per heavy atom. The van der Waals surface area contributed by atoms with Crippen molar-refractivity contribution < 1.29 is 0 Å². The fraction of sp³-hybridized carbons (Fsp3) is 0.500. The number of benzene rings is 1. The minimum atomic E-state index is 0.366. The third-order valence-electron chi connectivity index (χ3n) is 3.85. The normalized spacial score (nSPS) is 18.8. The number of aromatic nitrogens is 2. The summed E-state index contributed by atoms with van der Waals surface area (Å²) < 4.78 is 0. The van der Waals surface area contributed by atoms with Crippen LogP contribution in [0.15, 0.2) is 24.5 Å². The molecule has 1 fully saturated rings. The third-order valence-corrected chi connectivity index (χ3v) is 3.85. The topological polar surface area (TPSA) is 56.0 Å². The van der Waals surface area contributed by atoms with Gasteiger partial charge < -0.3 is 15.6 Å². The second kappa shape index (κ2) is 5.69. The summed E-state index contributed by atoms with van der Waals surface area (Å²) in [7, 11) is 2.03. The predicted molar refractivity (Wildman–Crippen MR) is 77.2 cm³/mol. The Hall–Kier alpha value is -1.43. The molecular weight excluding hydrogens is 238 g/mol. The van der Waals surface area contributed by atoms with Gasteiger partial charge in [0, 0.05) is 38.8 Å². The van der Waals surface area contributed by atoms with E-state index in [1.165, 1.54) is 5.56 Å². The number of nitrogens with one attached hydrogen (secondary N) is 3. The SMILES string of the molecule is CNC(CN1CCNCC1)c1ccc2nc[nH]c2c1. The molecule has 1 saturated heterocycles. The van der Waals surface area contributed by atoms with E-state index in [1.807, 2.05) is 7.05 Å². The molecule has 0 radical (unpaired) electrons. The van der Waals surface area contributed by atoms with Gasteiger partial charge in [-0.15, -0.1) is 0 Å². The van der Waals surface area contributed by atoms with E-state index in [1.54, 1.807) is 6.33 Å². The first kappa shape index (κ1) is 12.6. The maximum Gasteiger partial charge on any atom is 0.0931 e. The summed E-state index contributed by atoms with van der Waals surface area (Å²) in [5.41, 5.74) is 3.46. The minimum Gasteiger partial charge on any atom is -0.345 e. The minimum absolute atomic E-state index is 0.366. The van der Waals surface area contributed by atoms with Gasteiger partial charge in [0.2, 0.25) is 0 Å². The van der Waals surface area contributed by atoms with Gasteiger partial charge in [0.05, 0.1) is 17.4 Å². The number of piperazine rings is 1. The smallest absolute Gasteiger partial charge is 0.0931 e. The van der Waals surface area contributed by atoms with E-state index in [4.69, 9.17) is 0 Å². The molecular formula is C14H21N5. The van der Waals surface area contributed by atoms with Crippen LogP contribution in [-0.4, -0.2) is 54.6 Å². The van der Waals surface area contributed by atoms with Crippen LogP contribution < -0.4 is 10.6 Å². The molecule has 0 amide bonds. The van der Waals surface area contributed by atoms with Crippen LogP contribution in [0.3, 0.4) is 0 Å². The van der Waals surface area contributed by atoms with E-state index in [2.05, 4.69) is 43.7 Å².